The highest BCUT2D eigenvalue weighted by Gasteiger charge is 2.16. The first-order chi connectivity index (χ1) is 8.93. The Bertz CT molecular complexity index is 836. The van der Waals surface area contributed by atoms with Gasteiger partial charge in [0.05, 0.1) is 0 Å². The third-order valence-corrected chi connectivity index (χ3v) is 3.29. The average molecular weight is 227 g/mol. The fourth-order valence-electron chi connectivity index (χ4n) is 2.24. The second kappa shape index (κ2) is 4.06. The van der Waals surface area contributed by atoms with E-state index in [4.69, 9.17) is 51.5 Å². The Hall–Kier alpha value is -1.37. The van der Waals surface area contributed by atoms with Gasteiger partial charge in [-0.25, -0.2) is 0 Å². The fraction of sp³-hybridized carbons (Fsp3) is 0. The molecular formula is C12H2B6O. The number of hydrogen-bond acceptors (Lipinski definition) is 1. The van der Waals surface area contributed by atoms with Gasteiger partial charge in [-0.1, -0.05) is 34.0 Å². The van der Waals surface area contributed by atoms with Crippen molar-refractivity contribution >= 4 is 102 Å². The second-order valence-corrected chi connectivity index (χ2v) is 4.41. The largest absolute Gasteiger partial charge is 0.457 e. The van der Waals surface area contributed by atoms with Crippen molar-refractivity contribution in [3.8, 4) is 0 Å². The molecule has 0 bridgehead atoms. The van der Waals surface area contributed by atoms with E-state index >= 15 is 0 Å². The van der Waals surface area contributed by atoms with Gasteiger partial charge < -0.3 is 4.42 Å². The van der Waals surface area contributed by atoms with Gasteiger partial charge >= 0.3 is 0 Å². The number of fused-ring (bicyclic) bond motifs is 3. The van der Waals surface area contributed by atoms with E-state index in [1.54, 1.807) is 12.1 Å². The summed E-state index contributed by atoms with van der Waals surface area (Å²) in [5.74, 6) is 0. The van der Waals surface area contributed by atoms with Crippen LogP contribution in [0.15, 0.2) is 16.5 Å². The molecule has 0 fully saturated rings. The van der Waals surface area contributed by atoms with Crippen molar-refractivity contribution in [2.75, 3.05) is 0 Å². The normalized spacial score (nSPS) is 11.4. The van der Waals surface area contributed by atoms with Crippen LogP contribution in [0.1, 0.15) is 0 Å². The van der Waals surface area contributed by atoms with E-state index in [0.29, 0.717) is 32.9 Å². The quantitative estimate of drug-likeness (QED) is 0.361. The summed E-state index contributed by atoms with van der Waals surface area (Å²) in [7, 11) is 35.4. The predicted molar refractivity (Wildman–Crippen MR) is 86.0 cm³/mol. The summed E-state index contributed by atoms with van der Waals surface area (Å²) in [6.07, 6.45) is 0. The SMILES string of the molecule is [B]c1c([B])c([B])c2c(oc3c([B])ccc([B])c32)c1[B]. The van der Waals surface area contributed by atoms with E-state index < -0.39 is 0 Å². The lowest BCUT2D eigenvalue weighted by molar-refractivity contribution is 0.674. The standard InChI is InChI=1S/C12H2B6O/c13-3-1-2-4(14)11-5(3)6-7(15)8(16)9(17)10(18)12(6)19-11/h1-2H. The molecule has 1 heterocycles. The highest BCUT2D eigenvalue weighted by atomic mass is 16.3. The molecule has 19 heavy (non-hydrogen) atoms. The molecule has 1 nitrogen and oxygen atoms in total. The molecule has 7 heteroatoms. The Morgan fingerprint density at radius 1 is 0.579 bits per heavy atom. The zero-order chi connectivity index (χ0) is 13.9. The van der Waals surface area contributed by atoms with Gasteiger partial charge in [0.25, 0.3) is 0 Å². The third-order valence-electron chi connectivity index (χ3n) is 3.29. The Kier molecular flexibility index (Phi) is 2.70. The summed E-state index contributed by atoms with van der Waals surface area (Å²) >= 11 is 0. The highest BCUT2D eigenvalue weighted by molar-refractivity contribution is 6.67. The zero-order valence-electron chi connectivity index (χ0n) is 10.0. The average Bonchev–Trinajstić information content (AvgIpc) is 2.80. The maximum Gasteiger partial charge on any atom is 0.127 e. The maximum absolute atomic E-state index is 6.00. The van der Waals surface area contributed by atoms with Crippen LogP contribution in [0.25, 0.3) is 21.9 Å². The Balaban J connectivity index is 2.71. The van der Waals surface area contributed by atoms with Crippen molar-refractivity contribution in [2.24, 2.45) is 0 Å². The molecule has 0 N–H and O–H groups in total. The monoisotopic (exact) mass is 228 g/mol. The van der Waals surface area contributed by atoms with Gasteiger partial charge in [-0.2, -0.15) is 0 Å². The van der Waals surface area contributed by atoms with E-state index in [2.05, 4.69) is 0 Å². The van der Waals surface area contributed by atoms with Crippen LogP contribution in [-0.2, 0) is 0 Å². The summed E-state index contributed by atoms with van der Waals surface area (Å²) in [6.45, 7) is 0. The van der Waals surface area contributed by atoms with Crippen LogP contribution < -0.4 is 32.8 Å². The number of rotatable bonds is 0. The molecule has 0 saturated carbocycles. The number of benzene rings is 2. The molecule has 1 aromatic heterocycles. The van der Waals surface area contributed by atoms with Gasteiger partial charge in [-0.05, 0) is 0 Å². The zero-order valence-corrected chi connectivity index (χ0v) is 10.0. The molecular weight excluding hydrogens is 225 g/mol. The van der Waals surface area contributed by atoms with Crippen molar-refractivity contribution in [3.05, 3.63) is 12.1 Å². The maximum atomic E-state index is 6.00. The summed E-state index contributed by atoms with van der Waals surface area (Å²) in [5, 5.41) is 1.15. The van der Waals surface area contributed by atoms with E-state index in [0.717, 1.165) is 0 Å². The van der Waals surface area contributed by atoms with Crippen molar-refractivity contribution in [1.82, 2.24) is 0 Å². The van der Waals surface area contributed by atoms with E-state index in [1.807, 2.05) is 0 Å². The first kappa shape index (κ1) is 12.7. The fourth-order valence-corrected chi connectivity index (χ4v) is 2.24. The van der Waals surface area contributed by atoms with Crippen LogP contribution in [0.3, 0.4) is 0 Å². The molecule has 3 aromatic rings. The topological polar surface area (TPSA) is 13.1 Å². The molecule has 0 amide bonds. The van der Waals surface area contributed by atoms with Gasteiger partial charge in [-0.15, -0.1) is 10.9 Å². The molecule has 2 aromatic carbocycles. The summed E-state index contributed by atoms with van der Waals surface area (Å²) in [6, 6.07) is 3.33. The molecule has 0 aliphatic carbocycles. The Labute approximate surface area is 118 Å². The second-order valence-electron chi connectivity index (χ2n) is 4.41. The Morgan fingerprint density at radius 3 is 1.84 bits per heavy atom. The molecule has 74 valence electrons. The number of hydrogen-bond donors (Lipinski definition) is 0. The van der Waals surface area contributed by atoms with Gasteiger partial charge in [0.1, 0.15) is 58.2 Å². The summed E-state index contributed by atoms with van der Waals surface area (Å²) in [4.78, 5) is 0. The molecule has 0 saturated heterocycles. The van der Waals surface area contributed by atoms with Crippen molar-refractivity contribution in [2.45, 2.75) is 0 Å². The van der Waals surface area contributed by atoms with Crippen LogP contribution in [0, 0.1) is 0 Å². The smallest absolute Gasteiger partial charge is 0.127 e. The van der Waals surface area contributed by atoms with Gasteiger partial charge in [0, 0.05) is 10.8 Å². The van der Waals surface area contributed by atoms with Crippen LogP contribution in [0.4, 0.5) is 0 Å². The van der Waals surface area contributed by atoms with Crippen LogP contribution in [0.2, 0.25) is 0 Å². The molecule has 12 radical (unpaired) electrons. The summed E-state index contributed by atoms with van der Waals surface area (Å²) < 4.78 is 5.67. The lowest BCUT2D eigenvalue weighted by Crippen LogP contribution is -2.47. The molecule has 0 aliphatic heterocycles. The summed E-state index contributed by atoms with van der Waals surface area (Å²) in [5.41, 5.74) is 2.64. The van der Waals surface area contributed by atoms with E-state index in [1.165, 1.54) is 0 Å². The minimum Gasteiger partial charge on any atom is -0.457 e. The third kappa shape index (κ3) is 1.57. The molecule has 3 rings (SSSR count). The minimum atomic E-state index is 0.196. The Morgan fingerprint density at radius 2 is 1.16 bits per heavy atom. The van der Waals surface area contributed by atoms with Crippen LogP contribution in [-0.4, -0.2) is 47.1 Å². The predicted octanol–water partition coefficient (Wildman–Crippen LogP) is -3.65. The lowest BCUT2D eigenvalue weighted by atomic mass is 9.65. The van der Waals surface area contributed by atoms with Crippen LogP contribution in [0.5, 0.6) is 0 Å². The van der Waals surface area contributed by atoms with E-state index in [-0.39, 0.29) is 21.9 Å². The van der Waals surface area contributed by atoms with Crippen molar-refractivity contribution in [3.63, 3.8) is 0 Å². The van der Waals surface area contributed by atoms with Gasteiger partial charge in [0.15, 0.2) is 0 Å². The van der Waals surface area contributed by atoms with Gasteiger partial charge in [-0.3, -0.25) is 0 Å². The first-order valence-corrected chi connectivity index (χ1v) is 5.55. The lowest BCUT2D eigenvalue weighted by Gasteiger charge is -2.12. The molecule has 0 aliphatic rings. The minimum absolute atomic E-state index is 0.196. The van der Waals surface area contributed by atoms with Crippen molar-refractivity contribution < 1.29 is 4.42 Å². The number of furan rings is 1. The van der Waals surface area contributed by atoms with Gasteiger partial charge in [0.2, 0.25) is 0 Å². The van der Waals surface area contributed by atoms with E-state index in [9.17, 15) is 0 Å². The molecule has 0 spiro atoms. The van der Waals surface area contributed by atoms with Crippen LogP contribution >= 0.6 is 0 Å². The molecule has 0 atom stereocenters. The van der Waals surface area contributed by atoms with Crippen molar-refractivity contribution in [1.29, 1.82) is 0 Å². The highest BCUT2D eigenvalue weighted by Crippen LogP contribution is 2.21. The first-order valence-electron chi connectivity index (χ1n) is 5.55. The molecule has 0 unspecified atom stereocenters.